The highest BCUT2D eigenvalue weighted by Gasteiger charge is 2.98. The zero-order valence-electron chi connectivity index (χ0n) is 19.2. The van der Waals surface area contributed by atoms with Crippen LogP contribution in [0.25, 0.3) is 0 Å². The molecule has 5 saturated carbocycles. The van der Waals surface area contributed by atoms with Crippen LogP contribution in [0.15, 0.2) is 12.1 Å². The Kier molecular flexibility index (Phi) is 3.96. The number of fused-ring (bicyclic) bond motifs is 1. The molecule has 1 aliphatic heterocycles. The molecule has 5 nitrogen and oxygen atoms in total. The van der Waals surface area contributed by atoms with Crippen LogP contribution >= 0.6 is 0 Å². The Morgan fingerprint density at radius 2 is 1.77 bits per heavy atom. The summed E-state index contributed by atoms with van der Waals surface area (Å²) in [5.41, 5.74) is -7.10. The van der Waals surface area contributed by atoms with E-state index in [4.69, 9.17) is 4.74 Å². The molecule has 7 rings (SSSR count). The number of rotatable bonds is 6. The Hall–Kier alpha value is -2.32. The van der Waals surface area contributed by atoms with E-state index >= 15 is 17.6 Å². The number of halogens is 4. The van der Waals surface area contributed by atoms with Gasteiger partial charge in [-0.1, -0.05) is 0 Å². The highest BCUT2D eigenvalue weighted by atomic mass is 19.2. The lowest BCUT2D eigenvalue weighted by Crippen LogP contribution is -2.84. The standard InChI is InChI=1S/C26H27F4NO4/c27-17-7-19(15(14-3-4-14)6-16(17)20(32)31-5-1-2-18(31)21(33)34)35-13-22-8-23(28)10-25(30)12-24(29,9-22)26(22,25)11-23/h6-7,14,18H,1-5,8-13H2,(H,33,34)/t18-,22?,23?,24?,25?,26?/m0/s1. The first-order valence-electron chi connectivity index (χ1n) is 12.5. The molecular formula is C26H27F4NO4. The number of likely N-dealkylation sites (tertiary alicyclic amines) is 1. The maximum atomic E-state index is 15.5. The number of carbonyl (C=O) groups excluding carboxylic acids is 1. The van der Waals surface area contributed by atoms with Crippen LogP contribution in [-0.2, 0) is 4.79 Å². The summed E-state index contributed by atoms with van der Waals surface area (Å²) in [5.74, 6) is -2.31. The molecular weight excluding hydrogens is 466 g/mol. The molecule has 1 heterocycles. The first kappa shape index (κ1) is 21.9. The van der Waals surface area contributed by atoms with Crippen LogP contribution in [0.3, 0.4) is 0 Å². The van der Waals surface area contributed by atoms with E-state index in [0.29, 0.717) is 18.4 Å². The van der Waals surface area contributed by atoms with Crippen LogP contribution in [0.2, 0.25) is 0 Å². The lowest BCUT2D eigenvalue weighted by Gasteiger charge is -2.77. The van der Waals surface area contributed by atoms with Gasteiger partial charge < -0.3 is 14.7 Å². The molecule has 1 aromatic carbocycles. The van der Waals surface area contributed by atoms with E-state index in [1.54, 1.807) is 0 Å². The molecule has 188 valence electrons. The Balaban J connectivity index is 1.17. The monoisotopic (exact) mass is 493 g/mol. The summed E-state index contributed by atoms with van der Waals surface area (Å²) < 4.78 is 67.4. The topological polar surface area (TPSA) is 66.8 Å². The number of benzene rings is 1. The van der Waals surface area contributed by atoms with Gasteiger partial charge in [0.1, 0.15) is 34.6 Å². The van der Waals surface area contributed by atoms with E-state index in [0.717, 1.165) is 18.9 Å². The number of ether oxygens (including phenoxy) is 1. The van der Waals surface area contributed by atoms with E-state index in [1.807, 2.05) is 0 Å². The number of alkyl halides is 3. The van der Waals surface area contributed by atoms with Crippen molar-refractivity contribution in [2.45, 2.75) is 86.8 Å². The van der Waals surface area contributed by atoms with Crippen LogP contribution in [0.1, 0.15) is 79.6 Å². The molecule has 6 atom stereocenters. The Morgan fingerprint density at radius 1 is 1.03 bits per heavy atom. The van der Waals surface area contributed by atoms with Crippen molar-refractivity contribution in [2.75, 3.05) is 13.2 Å². The molecule has 0 aromatic heterocycles. The van der Waals surface area contributed by atoms with Gasteiger partial charge in [-0.2, -0.15) is 0 Å². The maximum absolute atomic E-state index is 15.5. The molecule has 6 fully saturated rings. The zero-order valence-corrected chi connectivity index (χ0v) is 19.2. The molecule has 6 aliphatic rings. The second-order valence-electron chi connectivity index (χ2n) is 12.1. The Bertz CT molecular complexity index is 1190. The molecule has 2 bridgehead atoms. The van der Waals surface area contributed by atoms with E-state index in [1.165, 1.54) is 11.0 Å². The fourth-order valence-corrected chi connectivity index (χ4v) is 8.92. The third-order valence-corrected chi connectivity index (χ3v) is 10.1. The quantitative estimate of drug-likeness (QED) is 0.574. The molecule has 1 aromatic rings. The minimum atomic E-state index is -1.84. The van der Waals surface area contributed by atoms with Crippen molar-refractivity contribution in [1.82, 2.24) is 4.90 Å². The Labute approximate surface area is 199 Å². The molecule has 1 N–H and O–H groups in total. The van der Waals surface area contributed by atoms with Gasteiger partial charge >= 0.3 is 5.97 Å². The number of amides is 1. The fraction of sp³-hybridized carbons (Fsp3) is 0.692. The highest BCUT2D eigenvalue weighted by molar-refractivity contribution is 5.97. The van der Waals surface area contributed by atoms with E-state index in [9.17, 15) is 14.7 Å². The van der Waals surface area contributed by atoms with Crippen molar-refractivity contribution in [3.63, 3.8) is 0 Å². The summed E-state index contributed by atoms with van der Waals surface area (Å²) in [6.45, 7) is 0.160. The molecule has 1 spiro atoms. The SMILES string of the molecule is O=C(O)[C@@H]1CCCN1C(=O)c1cc(C2CC2)c(OCC23CC4(F)CC5(F)CC(F)(C2)C53C4)cc1F. The van der Waals surface area contributed by atoms with Crippen molar-refractivity contribution in [3.8, 4) is 5.75 Å². The molecule has 5 unspecified atom stereocenters. The smallest absolute Gasteiger partial charge is 0.326 e. The summed E-state index contributed by atoms with van der Waals surface area (Å²) in [7, 11) is 0. The van der Waals surface area contributed by atoms with E-state index in [2.05, 4.69) is 0 Å². The van der Waals surface area contributed by atoms with Crippen LogP contribution in [0.5, 0.6) is 5.75 Å². The molecule has 9 heteroatoms. The van der Waals surface area contributed by atoms with Crippen molar-refractivity contribution in [3.05, 3.63) is 29.1 Å². The largest absolute Gasteiger partial charge is 0.493 e. The van der Waals surface area contributed by atoms with Crippen molar-refractivity contribution < 1.29 is 37.0 Å². The highest BCUT2D eigenvalue weighted by Crippen LogP contribution is 2.92. The first-order valence-corrected chi connectivity index (χ1v) is 12.5. The number of hydrogen-bond acceptors (Lipinski definition) is 3. The molecule has 35 heavy (non-hydrogen) atoms. The summed E-state index contributed by atoms with van der Waals surface area (Å²) in [6.07, 6.45) is 2.02. The van der Waals surface area contributed by atoms with Gasteiger partial charge in [0.05, 0.1) is 17.6 Å². The number of carbonyl (C=O) groups is 2. The minimum absolute atomic E-state index is 0.0562. The van der Waals surface area contributed by atoms with E-state index < -0.39 is 51.6 Å². The summed E-state index contributed by atoms with van der Waals surface area (Å²) in [4.78, 5) is 25.7. The summed E-state index contributed by atoms with van der Waals surface area (Å²) >= 11 is 0. The first-order chi connectivity index (χ1) is 16.5. The number of nitrogens with zero attached hydrogens (tertiary/aromatic N) is 1. The fourth-order valence-electron chi connectivity index (χ4n) is 8.92. The second kappa shape index (κ2) is 6.32. The van der Waals surface area contributed by atoms with Gasteiger partial charge in [0.25, 0.3) is 5.91 Å². The van der Waals surface area contributed by atoms with Crippen LogP contribution in [-0.4, -0.2) is 58.1 Å². The zero-order chi connectivity index (χ0) is 24.6. The number of hydrogen-bond donors (Lipinski definition) is 1. The summed E-state index contributed by atoms with van der Waals surface area (Å²) in [6, 6.07) is 1.59. The van der Waals surface area contributed by atoms with Gasteiger partial charge in [-0.15, -0.1) is 0 Å². The maximum Gasteiger partial charge on any atom is 0.326 e. The lowest BCUT2D eigenvalue weighted by molar-refractivity contribution is -0.368. The van der Waals surface area contributed by atoms with Gasteiger partial charge in [-0.3, -0.25) is 4.79 Å². The molecule has 0 radical (unpaired) electrons. The number of aliphatic carboxylic acids is 1. The number of carboxylic acid groups (broad SMARTS) is 1. The third-order valence-electron chi connectivity index (χ3n) is 10.1. The van der Waals surface area contributed by atoms with Crippen LogP contribution in [0, 0.1) is 16.6 Å². The summed E-state index contributed by atoms with van der Waals surface area (Å²) in [5, 5.41) is 9.40. The number of carboxylic acids is 1. The van der Waals surface area contributed by atoms with Crippen molar-refractivity contribution >= 4 is 11.9 Å². The average Bonchev–Trinajstić information content (AvgIpc) is 3.35. The molecule has 1 saturated heterocycles. The van der Waals surface area contributed by atoms with Gasteiger partial charge in [-0.25, -0.2) is 22.4 Å². The average molecular weight is 493 g/mol. The van der Waals surface area contributed by atoms with Gasteiger partial charge in [0.15, 0.2) is 0 Å². The van der Waals surface area contributed by atoms with Crippen LogP contribution < -0.4 is 4.74 Å². The predicted octanol–water partition coefficient (Wildman–Crippen LogP) is 4.87. The Morgan fingerprint density at radius 3 is 2.43 bits per heavy atom. The third kappa shape index (κ3) is 2.50. The molecule has 1 amide bonds. The van der Waals surface area contributed by atoms with Crippen molar-refractivity contribution in [2.24, 2.45) is 10.8 Å². The van der Waals surface area contributed by atoms with E-state index in [-0.39, 0.29) is 62.5 Å². The second-order valence-corrected chi connectivity index (χ2v) is 12.1. The lowest BCUT2D eigenvalue weighted by atomic mass is 9.29. The predicted molar refractivity (Wildman–Crippen MR) is 115 cm³/mol. The van der Waals surface area contributed by atoms with Gasteiger partial charge in [-0.05, 0) is 62.5 Å². The van der Waals surface area contributed by atoms with Crippen molar-refractivity contribution in [1.29, 1.82) is 0 Å². The normalized spacial score (nSPS) is 44.6. The van der Waals surface area contributed by atoms with Crippen LogP contribution in [0.4, 0.5) is 17.6 Å². The minimum Gasteiger partial charge on any atom is -0.493 e. The van der Waals surface area contributed by atoms with Gasteiger partial charge in [0, 0.05) is 30.9 Å². The molecule has 5 aliphatic carbocycles. The van der Waals surface area contributed by atoms with Gasteiger partial charge in [0.2, 0.25) is 0 Å².